The van der Waals surface area contributed by atoms with E-state index in [2.05, 4.69) is 31.9 Å². The SMILES string of the molecule is OCc1ccc(Br)c(CBr)c1Cl. The Labute approximate surface area is 93.0 Å². The van der Waals surface area contributed by atoms with E-state index < -0.39 is 0 Å². The Hall–Kier alpha value is 0.430. The molecule has 12 heavy (non-hydrogen) atoms. The lowest BCUT2D eigenvalue weighted by molar-refractivity contribution is 0.282. The first kappa shape index (κ1) is 10.5. The van der Waals surface area contributed by atoms with Gasteiger partial charge in [-0.2, -0.15) is 0 Å². The Bertz CT molecular complexity index is 289. The van der Waals surface area contributed by atoms with Crippen LogP contribution in [0.4, 0.5) is 0 Å². The Balaban J connectivity index is 3.24. The van der Waals surface area contributed by atoms with E-state index >= 15 is 0 Å². The number of hydrogen-bond acceptors (Lipinski definition) is 1. The molecule has 4 heteroatoms. The summed E-state index contributed by atoms with van der Waals surface area (Å²) in [7, 11) is 0. The van der Waals surface area contributed by atoms with Gasteiger partial charge in [-0.3, -0.25) is 0 Å². The fraction of sp³-hybridized carbons (Fsp3) is 0.250. The minimum absolute atomic E-state index is 0.0217. The normalized spacial score (nSPS) is 10.3. The van der Waals surface area contributed by atoms with Gasteiger partial charge in [0.05, 0.1) is 11.6 Å². The van der Waals surface area contributed by atoms with E-state index in [9.17, 15) is 0 Å². The third-order valence-corrected chi connectivity index (χ3v) is 3.34. The molecule has 0 aliphatic rings. The fourth-order valence-electron chi connectivity index (χ4n) is 0.891. The quantitative estimate of drug-likeness (QED) is 0.829. The van der Waals surface area contributed by atoms with Crippen LogP contribution >= 0.6 is 43.5 Å². The lowest BCUT2D eigenvalue weighted by Gasteiger charge is -2.07. The third-order valence-electron chi connectivity index (χ3n) is 1.57. The molecule has 0 atom stereocenters. The highest BCUT2D eigenvalue weighted by Crippen LogP contribution is 2.30. The van der Waals surface area contributed by atoms with Gasteiger partial charge in [0.1, 0.15) is 0 Å². The van der Waals surface area contributed by atoms with E-state index in [0.717, 1.165) is 15.6 Å². The van der Waals surface area contributed by atoms with Crippen LogP contribution in [0.1, 0.15) is 11.1 Å². The van der Waals surface area contributed by atoms with Gasteiger partial charge in [0.15, 0.2) is 0 Å². The molecule has 0 aliphatic carbocycles. The molecule has 0 heterocycles. The van der Waals surface area contributed by atoms with Gasteiger partial charge in [0.2, 0.25) is 0 Å². The van der Waals surface area contributed by atoms with Crippen molar-refractivity contribution < 1.29 is 5.11 Å². The summed E-state index contributed by atoms with van der Waals surface area (Å²) in [5.74, 6) is 0. The summed E-state index contributed by atoms with van der Waals surface area (Å²) in [4.78, 5) is 0. The van der Waals surface area contributed by atoms with Crippen LogP contribution in [0.15, 0.2) is 16.6 Å². The van der Waals surface area contributed by atoms with E-state index in [4.69, 9.17) is 16.7 Å². The molecule has 0 amide bonds. The number of hydrogen-bond donors (Lipinski definition) is 1. The Morgan fingerprint density at radius 1 is 1.42 bits per heavy atom. The van der Waals surface area contributed by atoms with Gasteiger partial charge in [0, 0.05) is 9.80 Å². The summed E-state index contributed by atoms with van der Waals surface area (Å²) >= 11 is 12.7. The lowest BCUT2D eigenvalue weighted by Crippen LogP contribution is -1.90. The third kappa shape index (κ3) is 2.02. The van der Waals surface area contributed by atoms with Crippen LogP contribution in [-0.4, -0.2) is 5.11 Å². The van der Waals surface area contributed by atoms with Crippen molar-refractivity contribution in [2.75, 3.05) is 0 Å². The maximum atomic E-state index is 8.91. The molecule has 0 spiro atoms. The van der Waals surface area contributed by atoms with Crippen LogP contribution in [0.2, 0.25) is 5.02 Å². The monoisotopic (exact) mass is 312 g/mol. The Kier molecular flexibility index (Phi) is 4.03. The van der Waals surface area contributed by atoms with Crippen molar-refractivity contribution in [3.8, 4) is 0 Å². The van der Waals surface area contributed by atoms with Crippen molar-refractivity contribution in [2.24, 2.45) is 0 Å². The van der Waals surface area contributed by atoms with Gasteiger partial charge >= 0.3 is 0 Å². The molecule has 66 valence electrons. The van der Waals surface area contributed by atoms with Crippen molar-refractivity contribution in [3.05, 3.63) is 32.8 Å². The first-order valence-corrected chi connectivity index (χ1v) is 5.62. The number of alkyl halides is 1. The maximum Gasteiger partial charge on any atom is 0.0696 e. The zero-order valence-corrected chi connectivity index (χ0v) is 10.1. The second-order valence-corrected chi connectivity index (χ2v) is 4.08. The molecule has 0 saturated heterocycles. The average molecular weight is 314 g/mol. The van der Waals surface area contributed by atoms with Crippen molar-refractivity contribution in [1.82, 2.24) is 0 Å². The van der Waals surface area contributed by atoms with Crippen LogP contribution in [0.5, 0.6) is 0 Å². The van der Waals surface area contributed by atoms with Crippen LogP contribution in [0.25, 0.3) is 0 Å². The highest BCUT2D eigenvalue weighted by atomic mass is 79.9. The first-order chi connectivity index (χ1) is 5.70. The van der Waals surface area contributed by atoms with E-state index in [1.54, 1.807) is 6.07 Å². The standard InChI is InChI=1S/C8H7Br2ClO/c9-3-6-7(10)2-1-5(4-12)8(6)11/h1-2,12H,3-4H2. The van der Waals surface area contributed by atoms with Gasteiger partial charge in [-0.15, -0.1) is 0 Å². The Morgan fingerprint density at radius 2 is 2.08 bits per heavy atom. The van der Waals surface area contributed by atoms with Gasteiger partial charge in [-0.1, -0.05) is 49.5 Å². The number of halogens is 3. The number of rotatable bonds is 2. The van der Waals surface area contributed by atoms with Gasteiger partial charge in [-0.05, 0) is 17.2 Å². The molecule has 1 N–H and O–H groups in total. The number of aliphatic hydroxyl groups is 1. The molecule has 0 unspecified atom stereocenters. The topological polar surface area (TPSA) is 20.2 Å². The average Bonchev–Trinajstić information content (AvgIpc) is 2.06. The second kappa shape index (κ2) is 4.61. The Morgan fingerprint density at radius 3 is 2.58 bits per heavy atom. The molecule has 0 aliphatic heterocycles. The summed E-state index contributed by atoms with van der Waals surface area (Å²) in [6, 6.07) is 3.69. The molecule has 0 aromatic heterocycles. The summed E-state index contributed by atoms with van der Waals surface area (Å²) < 4.78 is 0.960. The summed E-state index contributed by atoms with van der Waals surface area (Å²) in [6.07, 6.45) is 0. The number of aliphatic hydroxyl groups excluding tert-OH is 1. The predicted molar refractivity (Wildman–Crippen MR) is 57.7 cm³/mol. The zero-order valence-electron chi connectivity index (χ0n) is 6.15. The largest absolute Gasteiger partial charge is 0.392 e. The van der Waals surface area contributed by atoms with E-state index in [0.29, 0.717) is 10.4 Å². The van der Waals surface area contributed by atoms with Gasteiger partial charge in [0.25, 0.3) is 0 Å². The molecule has 0 fully saturated rings. The molecule has 1 nitrogen and oxygen atoms in total. The van der Waals surface area contributed by atoms with E-state index in [1.807, 2.05) is 6.07 Å². The maximum absolute atomic E-state index is 8.91. The predicted octanol–water partition coefficient (Wildman–Crippen LogP) is 3.49. The van der Waals surface area contributed by atoms with Crippen molar-refractivity contribution >= 4 is 43.5 Å². The van der Waals surface area contributed by atoms with Gasteiger partial charge in [-0.25, -0.2) is 0 Å². The zero-order chi connectivity index (χ0) is 9.14. The highest BCUT2D eigenvalue weighted by Gasteiger charge is 2.07. The molecule has 0 radical (unpaired) electrons. The number of benzene rings is 1. The summed E-state index contributed by atoms with van der Waals surface area (Å²) in [5.41, 5.74) is 1.73. The first-order valence-electron chi connectivity index (χ1n) is 3.33. The van der Waals surface area contributed by atoms with Crippen LogP contribution in [0.3, 0.4) is 0 Å². The minimum atomic E-state index is -0.0217. The van der Waals surface area contributed by atoms with Crippen molar-refractivity contribution in [1.29, 1.82) is 0 Å². The molecule has 1 aromatic rings. The highest BCUT2D eigenvalue weighted by molar-refractivity contribution is 9.10. The molecule has 0 saturated carbocycles. The van der Waals surface area contributed by atoms with E-state index in [-0.39, 0.29) is 6.61 Å². The fourth-order valence-corrected chi connectivity index (χ4v) is 2.89. The minimum Gasteiger partial charge on any atom is -0.392 e. The van der Waals surface area contributed by atoms with E-state index in [1.165, 1.54) is 0 Å². The molecule has 1 aromatic carbocycles. The molecular formula is C8H7Br2ClO. The molecule has 1 rings (SSSR count). The molecule has 0 bridgehead atoms. The van der Waals surface area contributed by atoms with Crippen molar-refractivity contribution in [3.63, 3.8) is 0 Å². The smallest absolute Gasteiger partial charge is 0.0696 e. The lowest BCUT2D eigenvalue weighted by atomic mass is 10.1. The van der Waals surface area contributed by atoms with Crippen molar-refractivity contribution in [2.45, 2.75) is 11.9 Å². The second-order valence-electron chi connectivity index (χ2n) is 2.29. The summed E-state index contributed by atoms with van der Waals surface area (Å²) in [6.45, 7) is -0.0217. The summed E-state index contributed by atoms with van der Waals surface area (Å²) in [5, 5.41) is 10.2. The molecular weight excluding hydrogens is 307 g/mol. The van der Waals surface area contributed by atoms with Crippen LogP contribution in [0, 0.1) is 0 Å². The van der Waals surface area contributed by atoms with Gasteiger partial charge < -0.3 is 5.11 Å². The van der Waals surface area contributed by atoms with Crippen LogP contribution < -0.4 is 0 Å². The van der Waals surface area contributed by atoms with Crippen LogP contribution in [-0.2, 0) is 11.9 Å².